The largest absolute Gasteiger partial charge is 0.365 e. The average Bonchev–Trinajstić information content (AvgIpc) is 2.89. The molecule has 0 radical (unpaired) electrons. The highest BCUT2D eigenvalue weighted by Crippen LogP contribution is 2.28. The van der Waals surface area contributed by atoms with Crippen LogP contribution in [0.4, 0.5) is 0 Å². The molecule has 0 saturated heterocycles. The van der Waals surface area contributed by atoms with Gasteiger partial charge < -0.3 is 9.30 Å². The number of ketones is 1. The molecule has 2 aromatic rings. The van der Waals surface area contributed by atoms with Gasteiger partial charge in [-0.1, -0.05) is 24.3 Å². The molecule has 1 aromatic carbocycles. The molecule has 1 aromatic heterocycles. The number of hydrogen-bond donors (Lipinski definition) is 0. The third-order valence-electron chi connectivity index (χ3n) is 3.80. The van der Waals surface area contributed by atoms with Crippen molar-refractivity contribution in [2.75, 3.05) is 6.61 Å². The first-order valence-electron chi connectivity index (χ1n) is 6.94. The van der Waals surface area contributed by atoms with E-state index in [0.717, 1.165) is 17.8 Å². The minimum atomic E-state index is -0.403. The molecule has 1 aliphatic heterocycles. The van der Waals surface area contributed by atoms with Crippen molar-refractivity contribution in [3.63, 3.8) is 0 Å². The highest BCUT2D eigenvalue weighted by atomic mass is 16.5. The van der Waals surface area contributed by atoms with Gasteiger partial charge in [0.15, 0.2) is 5.78 Å². The summed E-state index contributed by atoms with van der Waals surface area (Å²) in [6.45, 7) is 0.621. The quantitative estimate of drug-likeness (QED) is 0.855. The molecule has 4 heteroatoms. The van der Waals surface area contributed by atoms with Crippen LogP contribution in [0.1, 0.15) is 29.5 Å². The maximum absolute atomic E-state index is 12.4. The lowest BCUT2D eigenvalue weighted by Gasteiger charge is -2.24. The third-order valence-corrected chi connectivity index (χ3v) is 3.80. The van der Waals surface area contributed by atoms with Crippen molar-refractivity contribution in [1.82, 2.24) is 9.55 Å². The molecule has 1 atom stereocenters. The predicted molar refractivity (Wildman–Crippen MR) is 75.4 cm³/mol. The number of rotatable bonds is 4. The summed E-state index contributed by atoms with van der Waals surface area (Å²) in [5, 5.41) is 0. The Bertz CT molecular complexity index is 618. The molecule has 0 bridgehead atoms. The van der Waals surface area contributed by atoms with E-state index < -0.39 is 6.10 Å². The van der Waals surface area contributed by atoms with Gasteiger partial charge in [-0.25, -0.2) is 4.98 Å². The molecule has 4 nitrogen and oxygen atoms in total. The van der Waals surface area contributed by atoms with E-state index in [0.29, 0.717) is 19.4 Å². The summed E-state index contributed by atoms with van der Waals surface area (Å²) >= 11 is 0. The number of ether oxygens (including phenoxy) is 1. The lowest BCUT2D eigenvalue weighted by atomic mass is 9.94. The number of carbonyl (C=O) groups excluding carboxylic acids is 1. The zero-order valence-electron chi connectivity index (χ0n) is 11.6. The van der Waals surface area contributed by atoms with Gasteiger partial charge in [0, 0.05) is 32.3 Å². The number of nitrogens with zero attached hydrogens (tertiary/aromatic N) is 2. The number of hydrogen-bond acceptors (Lipinski definition) is 3. The zero-order chi connectivity index (χ0) is 13.9. The normalized spacial score (nSPS) is 17.8. The molecule has 1 aliphatic rings. The standard InChI is InChI=1S/C16H18N2O2/c1-18-10-9-17-15(18)7-6-14(19)16-13-5-3-2-4-12(13)8-11-20-16/h2-5,9-10,16H,6-8,11H2,1H3. The first kappa shape index (κ1) is 13.1. The van der Waals surface area contributed by atoms with Gasteiger partial charge in [-0.05, 0) is 17.5 Å². The number of aryl methyl sites for hydroxylation is 2. The molecular weight excluding hydrogens is 252 g/mol. The van der Waals surface area contributed by atoms with Crippen LogP contribution >= 0.6 is 0 Å². The summed E-state index contributed by atoms with van der Waals surface area (Å²) in [6, 6.07) is 8.06. The summed E-state index contributed by atoms with van der Waals surface area (Å²) in [4.78, 5) is 16.7. The Labute approximate surface area is 118 Å². The van der Waals surface area contributed by atoms with E-state index in [9.17, 15) is 4.79 Å². The summed E-state index contributed by atoms with van der Waals surface area (Å²) in [6.07, 6.45) is 5.26. The van der Waals surface area contributed by atoms with E-state index in [-0.39, 0.29) is 5.78 Å². The first-order chi connectivity index (χ1) is 9.75. The molecule has 0 aliphatic carbocycles. The Kier molecular flexibility index (Phi) is 3.65. The molecule has 1 unspecified atom stereocenters. The van der Waals surface area contributed by atoms with Crippen molar-refractivity contribution in [3.8, 4) is 0 Å². The molecule has 0 spiro atoms. The topological polar surface area (TPSA) is 44.1 Å². The summed E-state index contributed by atoms with van der Waals surface area (Å²) in [7, 11) is 1.94. The summed E-state index contributed by atoms with van der Waals surface area (Å²) in [5.41, 5.74) is 2.26. The fourth-order valence-electron chi connectivity index (χ4n) is 2.66. The van der Waals surface area contributed by atoms with Crippen LogP contribution in [0.3, 0.4) is 0 Å². The molecule has 3 rings (SSSR count). The smallest absolute Gasteiger partial charge is 0.166 e. The molecule has 0 amide bonds. The van der Waals surface area contributed by atoms with Crippen molar-refractivity contribution in [3.05, 3.63) is 53.6 Å². The fraction of sp³-hybridized carbons (Fsp3) is 0.375. The van der Waals surface area contributed by atoms with E-state index in [1.807, 2.05) is 36.0 Å². The number of carbonyl (C=O) groups is 1. The second kappa shape index (κ2) is 5.59. The Morgan fingerprint density at radius 3 is 3.10 bits per heavy atom. The van der Waals surface area contributed by atoms with E-state index in [1.165, 1.54) is 5.56 Å². The van der Waals surface area contributed by atoms with Gasteiger partial charge in [0.1, 0.15) is 11.9 Å². The van der Waals surface area contributed by atoms with Crippen LogP contribution in [0.15, 0.2) is 36.7 Å². The Hall–Kier alpha value is -1.94. The SMILES string of the molecule is Cn1ccnc1CCC(=O)C1OCCc2ccccc21. The van der Waals surface area contributed by atoms with Crippen LogP contribution in [0.2, 0.25) is 0 Å². The number of fused-ring (bicyclic) bond motifs is 1. The number of aromatic nitrogens is 2. The molecule has 2 heterocycles. The minimum absolute atomic E-state index is 0.139. The van der Waals surface area contributed by atoms with E-state index in [1.54, 1.807) is 6.20 Å². The maximum atomic E-state index is 12.4. The second-order valence-corrected chi connectivity index (χ2v) is 5.12. The van der Waals surface area contributed by atoms with Crippen LogP contribution in [0, 0.1) is 0 Å². The lowest BCUT2D eigenvalue weighted by Crippen LogP contribution is -2.24. The van der Waals surface area contributed by atoms with E-state index >= 15 is 0 Å². The highest BCUT2D eigenvalue weighted by Gasteiger charge is 2.26. The molecule has 0 saturated carbocycles. The van der Waals surface area contributed by atoms with Gasteiger partial charge in [0.2, 0.25) is 0 Å². The van der Waals surface area contributed by atoms with Crippen LogP contribution in [-0.2, 0) is 29.4 Å². The first-order valence-corrected chi connectivity index (χ1v) is 6.94. The molecule has 0 N–H and O–H groups in total. The zero-order valence-corrected chi connectivity index (χ0v) is 11.6. The molecule has 0 fully saturated rings. The number of imidazole rings is 1. The maximum Gasteiger partial charge on any atom is 0.166 e. The van der Waals surface area contributed by atoms with Crippen LogP contribution in [0.25, 0.3) is 0 Å². The van der Waals surface area contributed by atoms with Crippen molar-refractivity contribution >= 4 is 5.78 Å². The summed E-state index contributed by atoms with van der Waals surface area (Å²) in [5.74, 6) is 1.07. The molecule has 104 valence electrons. The Balaban J connectivity index is 1.71. The minimum Gasteiger partial charge on any atom is -0.365 e. The van der Waals surface area contributed by atoms with Crippen LogP contribution < -0.4 is 0 Å². The Morgan fingerprint density at radius 1 is 1.45 bits per heavy atom. The molecule has 20 heavy (non-hydrogen) atoms. The monoisotopic (exact) mass is 270 g/mol. The van der Waals surface area contributed by atoms with Crippen molar-refractivity contribution in [2.45, 2.75) is 25.4 Å². The van der Waals surface area contributed by atoms with Gasteiger partial charge in [-0.15, -0.1) is 0 Å². The molecular formula is C16H18N2O2. The van der Waals surface area contributed by atoms with Gasteiger partial charge in [0.25, 0.3) is 0 Å². The predicted octanol–water partition coefficient (Wildman–Crippen LogP) is 2.24. The third kappa shape index (κ3) is 2.51. The lowest BCUT2D eigenvalue weighted by molar-refractivity contribution is -0.131. The van der Waals surface area contributed by atoms with Crippen molar-refractivity contribution in [1.29, 1.82) is 0 Å². The van der Waals surface area contributed by atoms with E-state index in [2.05, 4.69) is 11.1 Å². The highest BCUT2D eigenvalue weighted by molar-refractivity contribution is 5.85. The average molecular weight is 270 g/mol. The van der Waals surface area contributed by atoms with Crippen molar-refractivity contribution in [2.24, 2.45) is 7.05 Å². The van der Waals surface area contributed by atoms with Gasteiger partial charge in [-0.2, -0.15) is 0 Å². The van der Waals surface area contributed by atoms with Gasteiger partial charge in [-0.3, -0.25) is 4.79 Å². The van der Waals surface area contributed by atoms with Gasteiger partial charge >= 0.3 is 0 Å². The van der Waals surface area contributed by atoms with Crippen LogP contribution in [-0.4, -0.2) is 21.9 Å². The van der Waals surface area contributed by atoms with Gasteiger partial charge in [0.05, 0.1) is 6.61 Å². The Morgan fingerprint density at radius 2 is 2.30 bits per heavy atom. The van der Waals surface area contributed by atoms with Crippen LogP contribution in [0.5, 0.6) is 0 Å². The fourth-order valence-corrected chi connectivity index (χ4v) is 2.66. The summed E-state index contributed by atoms with van der Waals surface area (Å²) < 4.78 is 7.64. The van der Waals surface area contributed by atoms with Crippen molar-refractivity contribution < 1.29 is 9.53 Å². The van der Waals surface area contributed by atoms with E-state index in [4.69, 9.17) is 4.74 Å². The number of Topliss-reactive ketones (excluding diaryl/α,β-unsaturated/α-hetero) is 1. The second-order valence-electron chi connectivity index (χ2n) is 5.12. The number of benzene rings is 1.